The molecule has 3 atom stereocenters. The van der Waals surface area contributed by atoms with Gasteiger partial charge in [-0.1, -0.05) is 295 Å². The van der Waals surface area contributed by atoms with Crippen molar-refractivity contribution in [1.82, 2.24) is 5.32 Å². The third-order valence-corrected chi connectivity index (χ3v) is 13.2. The van der Waals surface area contributed by atoms with Crippen LogP contribution in [0.3, 0.4) is 0 Å². The van der Waals surface area contributed by atoms with Crippen LogP contribution in [-0.4, -0.2) is 46.1 Å². The van der Waals surface area contributed by atoms with Crippen LogP contribution in [0.2, 0.25) is 0 Å². The topological polar surface area (TPSA) is 89.8 Å². The monoisotopic (exact) mass is 874 g/mol. The summed E-state index contributed by atoms with van der Waals surface area (Å²) in [6, 6.07) is -0.759. The Hall–Kier alpha value is -1.17. The number of nitrogens with one attached hydrogen (secondary N) is 1. The van der Waals surface area contributed by atoms with Crippen LogP contribution < -0.4 is 5.32 Å². The summed E-state index contributed by atoms with van der Waals surface area (Å²) in [5.74, 6) is -0.319. The quantitative estimate of drug-likeness (QED) is 0.0362. The number of rotatable bonds is 52. The van der Waals surface area contributed by atoms with Crippen LogP contribution in [0.25, 0.3) is 0 Å². The van der Waals surface area contributed by atoms with Gasteiger partial charge in [0.05, 0.1) is 31.3 Å². The third-order valence-electron chi connectivity index (χ3n) is 13.2. The van der Waals surface area contributed by atoms with Gasteiger partial charge in [0.25, 0.3) is 0 Å². The summed E-state index contributed by atoms with van der Waals surface area (Å²) in [5.41, 5.74) is 0. The van der Waals surface area contributed by atoms with E-state index in [4.69, 9.17) is 0 Å². The molecule has 0 fully saturated rings. The second-order valence-corrected chi connectivity index (χ2v) is 19.5. The van der Waals surface area contributed by atoms with E-state index < -0.39 is 18.2 Å². The lowest BCUT2D eigenvalue weighted by Crippen LogP contribution is -2.45. The molecule has 0 aliphatic heterocycles. The standard InChI is InChI=1S/C57H111NO4/c1-3-5-7-9-11-13-15-17-19-21-23-25-27-28-29-31-33-35-37-39-41-43-45-47-49-51-56(61)55(53-59)58-57(62)52-54(60)50-48-46-44-42-40-38-36-34-32-30-26-24-22-20-18-16-14-12-10-8-6-4-2/h41,43,49,51,54-56,59-61H,3-40,42,44-48,50,52-53H2,1-2H3,(H,58,62)/b43-41+,51-49+. The minimum absolute atomic E-state index is 0.0104. The summed E-state index contributed by atoms with van der Waals surface area (Å²) in [6.45, 7) is 4.24. The van der Waals surface area contributed by atoms with E-state index in [1.54, 1.807) is 6.08 Å². The number of carbonyl (C=O) groups is 1. The van der Waals surface area contributed by atoms with Crippen molar-refractivity contribution in [2.75, 3.05) is 6.61 Å². The van der Waals surface area contributed by atoms with Gasteiger partial charge in [-0.3, -0.25) is 4.79 Å². The van der Waals surface area contributed by atoms with Gasteiger partial charge in [-0.15, -0.1) is 0 Å². The highest BCUT2D eigenvalue weighted by Gasteiger charge is 2.20. The lowest BCUT2D eigenvalue weighted by molar-refractivity contribution is -0.124. The van der Waals surface area contributed by atoms with Gasteiger partial charge < -0.3 is 20.6 Å². The number of unbranched alkanes of at least 4 members (excludes halogenated alkanes) is 41. The number of carbonyl (C=O) groups excluding carboxylic acids is 1. The van der Waals surface area contributed by atoms with Crippen molar-refractivity contribution in [3.05, 3.63) is 24.3 Å². The van der Waals surface area contributed by atoms with Gasteiger partial charge in [0.2, 0.25) is 5.91 Å². The first kappa shape index (κ1) is 60.8. The number of aliphatic hydroxyl groups is 3. The number of aliphatic hydroxyl groups excluding tert-OH is 3. The van der Waals surface area contributed by atoms with Crippen LogP contribution >= 0.6 is 0 Å². The van der Waals surface area contributed by atoms with Gasteiger partial charge in [-0.05, 0) is 32.1 Å². The number of amides is 1. The van der Waals surface area contributed by atoms with Crippen molar-refractivity contribution < 1.29 is 20.1 Å². The van der Waals surface area contributed by atoms with Crippen molar-refractivity contribution in [3.63, 3.8) is 0 Å². The van der Waals surface area contributed by atoms with E-state index in [1.165, 1.54) is 250 Å². The van der Waals surface area contributed by atoms with E-state index in [9.17, 15) is 20.1 Å². The highest BCUT2D eigenvalue weighted by atomic mass is 16.3. The van der Waals surface area contributed by atoms with E-state index in [1.807, 2.05) is 6.08 Å². The fraction of sp³-hybridized carbons (Fsp3) is 0.912. The molecule has 0 aromatic rings. The highest BCUT2D eigenvalue weighted by molar-refractivity contribution is 5.76. The molecule has 0 heterocycles. The Kier molecular flexibility index (Phi) is 51.5. The second-order valence-electron chi connectivity index (χ2n) is 19.5. The molecule has 0 radical (unpaired) electrons. The van der Waals surface area contributed by atoms with Crippen molar-refractivity contribution in [3.8, 4) is 0 Å². The Labute approximate surface area is 388 Å². The average molecular weight is 875 g/mol. The van der Waals surface area contributed by atoms with Crippen LogP contribution in [0.5, 0.6) is 0 Å². The maximum Gasteiger partial charge on any atom is 0.222 e. The molecule has 4 N–H and O–H groups in total. The average Bonchev–Trinajstić information content (AvgIpc) is 3.27. The number of hydrogen-bond acceptors (Lipinski definition) is 4. The third kappa shape index (κ3) is 48.3. The molecule has 0 saturated heterocycles. The van der Waals surface area contributed by atoms with Crippen LogP contribution in [0, 0.1) is 0 Å². The van der Waals surface area contributed by atoms with Crippen LogP contribution in [0.15, 0.2) is 24.3 Å². The van der Waals surface area contributed by atoms with Gasteiger partial charge in [-0.25, -0.2) is 0 Å². The molecular formula is C57H111NO4. The molecule has 5 heteroatoms. The van der Waals surface area contributed by atoms with E-state index >= 15 is 0 Å². The van der Waals surface area contributed by atoms with Crippen LogP contribution in [0.4, 0.5) is 0 Å². The molecule has 0 aromatic heterocycles. The van der Waals surface area contributed by atoms with E-state index in [0.29, 0.717) is 6.42 Å². The van der Waals surface area contributed by atoms with Gasteiger partial charge in [0, 0.05) is 0 Å². The zero-order chi connectivity index (χ0) is 45.1. The largest absolute Gasteiger partial charge is 0.394 e. The summed E-state index contributed by atoms with van der Waals surface area (Å²) in [5, 5.41) is 33.4. The molecule has 0 aromatic carbocycles. The highest BCUT2D eigenvalue weighted by Crippen LogP contribution is 2.18. The van der Waals surface area contributed by atoms with E-state index in [-0.39, 0.29) is 18.9 Å². The molecule has 0 spiro atoms. The van der Waals surface area contributed by atoms with Crippen molar-refractivity contribution in [2.24, 2.45) is 0 Å². The molecule has 3 unspecified atom stereocenters. The predicted octanol–water partition coefficient (Wildman–Crippen LogP) is 17.3. The maximum absolute atomic E-state index is 12.5. The smallest absolute Gasteiger partial charge is 0.222 e. The molecule has 368 valence electrons. The predicted molar refractivity (Wildman–Crippen MR) is 273 cm³/mol. The first-order valence-corrected chi connectivity index (χ1v) is 28.1. The van der Waals surface area contributed by atoms with Crippen molar-refractivity contribution >= 4 is 5.91 Å². The molecule has 0 rings (SSSR count). The number of hydrogen-bond donors (Lipinski definition) is 4. The van der Waals surface area contributed by atoms with Gasteiger partial charge in [0.1, 0.15) is 0 Å². The molecular weight excluding hydrogens is 763 g/mol. The summed E-state index contributed by atoms with van der Waals surface area (Å²) >= 11 is 0. The molecule has 0 aliphatic carbocycles. The van der Waals surface area contributed by atoms with Gasteiger partial charge in [0.15, 0.2) is 0 Å². The molecule has 1 amide bonds. The Bertz CT molecular complexity index is 920. The SMILES string of the molecule is CCCCCCCCCCCCCCCCCCCCC/C=C/CC/C=C/C(O)C(CO)NC(=O)CC(O)CCCCCCCCCCCCCCCCCCCCCCCC. The molecule has 0 aliphatic rings. The summed E-state index contributed by atoms with van der Waals surface area (Å²) in [6.07, 6.45) is 66.6. The first-order valence-electron chi connectivity index (χ1n) is 28.1. The van der Waals surface area contributed by atoms with Crippen LogP contribution in [-0.2, 0) is 4.79 Å². The molecule has 62 heavy (non-hydrogen) atoms. The Morgan fingerprint density at radius 1 is 0.403 bits per heavy atom. The Balaban J connectivity index is 3.58. The van der Waals surface area contributed by atoms with Crippen molar-refractivity contribution in [1.29, 1.82) is 0 Å². The van der Waals surface area contributed by atoms with Gasteiger partial charge in [-0.2, -0.15) is 0 Å². The number of allylic oxidation sites excluding steroid dienone is 3. The lowest BCUT2D eigenvalue weighted by Gasteiger charge is -2.21. The van der Waals surface area contributed by atoms with Crippen LogP contribution in [0.1, 0.15) is 309 Å². The molecule has 0 saturated carbocycles. The fourth-order valence-corrected chi connectivity index (χ4v) is 8.95. The Morgan fingerprint density at radius 2 is 0.694 bits per heavy atom. The minimum Gasteiger partial charge on any atom is -0.394 e. The zero-order valence-electron chi connectivity index (χ0n) is 42.0. The van der Waals surface area contributed by atoms with Gasteiger partial charge >= 0.3 is 0 Å². The first-order chi connectivity index (χ1) is 30.5. The zero-order valence-corrected chi connectivity index (χ0v) is 42.0. The van der Waals surface area contributed by atoms with E-state index in [0.717, 1.165) is 32.1 Å². The Morgan fingerprint density at radius 3 is 1.03 bits per heavy atom. The van der Waals surface area contributed by atoms with E-state index in [2.05, 4.69) is 31.3 Å². The maximum atomic E-state index is 12.5. The van der Waals surface area contributed by atoms with Crippen molar-refractivity contribution in [2.45, 2.75) is 327 Å². The summed E-state index contributed by atoms with van der Waals surface area (Å²) in [7, 11) is 0. The second kappa shape index (κ2) is 52.5. The minimum atomic E-state index is -0.950. The normalized spacial score (nSPS) is 13.4. The summed E-state index contributed by atoms with van der Waals surface area (Å²) < 4.78 is 0. The molecule has 0 bridgehead atoms. The lowest BCUT2D eigenvalue weighted by atomic mass is 10.0. The fourth-order valence-electron chi connectivity index (χ4n) is 8.95. The summed E-state index contributed by atoms with van der Waals surface area (Å²) in [4.78, 5) is 12.5. The molecule has 5 nitrogen and oxygen atoms in total.